The first-order valence-electron chi connectivity index (χ1n) is 6.25. The molecule has 0 aromatic heterocycles. The van der Waals surface area contributed by atoms with Crippen LogP contribution in [-0.2, 0) is 9.59 Å². The van der Waals surface area contributed by atoms with Crippen LogP contribution >= 0.6 is 0 Å². The molecule has 0 atom stereocenters. The molecule has 4 nitrogen and oxygen atoms in total. The van der Waals surface area contributed by atoms with Crippen LogP contribution in [0, 0.1) is 0 Å². The number of fused-ring (bicyclic) bond motifs is 1. The Bertz CT molecular complexity index is 744. The zero-order chi connectivity index (χ0) is 15.4. The summed E-state index contributed by atoms with van der Waals surface area (Å²) < 4.78 is 10.2. The van der Waals surface area contributed by atoms with Crippen molar-refractivity contribution in [1.29, 1.82) is 0 Å². The van der Waals surface area contributed by atoms with Gasteiger partial charge in [-0.05, 0) is 42.0 Å². The summed E-state index contributed by atoms with van der Waals surface area (Å²) in [6.45, 7) is 8.46. The zero-order valence-corrected chi connectivity index (χ0v) is 11.6. The van der Waals surface area contributed by atoms with E-state index >= 15 is 0 Å². The molecule has 0 aliphatic heterocycles. The van der Waals surface area contributed by atoms with Crippen LogP contribution in [0.4, 0.5) is 0 Å². The maximum absolute atomic E-state index is 11.5. The van der Waals surface area contributed by atoms with E-state index in [1.54, 1.807) is 43.3 Å². The number of carbonyl (C=O) groups is 2. The second-order valence-electron chi connectivity index (χ2n) is 4.47. The van der Waals surface area contributed by atoms with Gasteiger partial charge >= 0.3 is 11.9 Å². The quantitative estimate of drug-likeness (QED) is 0.490. The van der Waals surface area contributed by atoms with E-state index in [2.05, 4.69) is 13.2 Å². The van der Waals surface area contributed by atoms with Gasteiger partial charge in [-0.1, -0.05) is 25.3 Å². The monoisotopic (exact) mass is 282 g/mol. The van der Waals surface area contributed by atoms with Crippen LogP contribution in [-0.4, -0.2) is 11.9 Å². The second-order valence-corrected chi connectivity index (χ2v) is 4.47. The molecule has 2 aromatic carbocycles. The summed E-state index contributed by atoms with van der Waals surface area (Å²) in [5, 5.41) is 1.72. The molecule has 0 aliphatic rings. The minimum absolute atomic E-state index is 0.335. The van der Waals surface area contributed by atoms with Crippen molar-refractivity contribution >= 4 is 22.7 Å². The molecular weight excluding hydrogens is 268 g/mol. The van der Waals surface area contributed by atoms with Crippen molar-refractivity contribution in [3.8, 4) is 11.5 Å². The van der Waals surface area contributed by atoms with E-state index in [0.717, 1.165) is 16.8 Å². The van der Waals surface area contributed by atoms with Gasteiger partial charge in [-0.2, -0.15) is 0 Å². The predicted molar refractivity (Wildman–Crippen MR) is 80.2 cm³/mol. The minimum atomic E-state index is -0.513. The average molecular weight is 282 g/mol. The summed E-state index contributed by atoms with van der Waals surface area (Å²) in [4.78, 5) is 22.6. The first-order chi connectivity index (χ1) is 9.99. The predicted octanol–water partition coefficient (Wildman–Crippen LogP) is 3.41. The lowest BCUT2D eigenvalue weighted by molar-refractivity contribution is -0.130. The summed E-state index contributed by atoms with van der Waals surface area (Å²) in [6, 6.07) is 10.3. The van der Waals surface area contributed by atoms with Crippen LogP contribution in [0.25, 0.3) is 10.8 Å². The van der Waals surface area contributed by atoms with E-state index in [-0.39, 0.29) is 0 Å². The van der Waals surface area contributed by atoms with Crippen molar-refractivity contribution in [2.45, 2.75) is 6.92 Å². The smallest absolute Gasteiger partial charge is 0.338 e. The lowest BCUT2D eigenvalue weighted by Crippen LogP contribution is -2.07. The number of benzene rings is 2. The topological polar surface area (TPSA) is 52.6 Å². The Kier molecular flexibility index (Phi) is 4.18. The third kappa shape index (κ3) is 3.57. The largest absolute Gasteiger partial charge is 0.423 e. The molecule has 0 amide bonds. The van der Waals surface area contributed by atoms with Crippen LogP contribution in [0.15, 0.2) is 61.2 Å². The van der Waals surface area contributed by atoms with E-state index in [1.165, 1.54) is 0 Å². The Hall–Kier alpha value is -2.88. The van der Waals surface area contributed by atoms with Gasteiger partial charge < -0.3 is 9.47 Å². The molecule has 0 unspecified atom stereocenters. The summed E-state index contributed by atoms with van der Waals surface area (Å²) in [5.74, 6) is -0.113. The van der Waals surface area contributed by atoms with Crippen LogP contribution in [0.1, 0.15) is 6.92 Å². The molecule has 0 radical (unpaired) electrons. The van der Waals surface area contributed by atoms with Gasteiger partial charge in [0.25, 0.3) is 0 Å². The minimum Gasteiger partial charge on any atom is -0.423 e. The van der Waals surface area contributed by atoms with Crippen LogP contribution in [0.5, 0.6) is 11.5 Å². The Labute approximate surface area is 122 Å². The first kappa shape index (κ1) is 14.5. The molecule has 2 rings (SSSR count). The second kappa shape index (κ2) is 6.05. The van der Waals surface area contributed by atoms with Gasteiger partial charge in [-0.15, -0.1) is 0 Å². The average Bonchev–Trinajstić information content (AvgIpc) is 2.47. The summed E-state index contributed by atoms with van der Waals surface area (Å²) >= 11 is 0. The van der Waals surface area contributed by atoms with Gasteiger partial charge in [0.05, 0.1) is 0 Å². The van der Waals surface area contributed by atoms with Crippen LogP contribution in [0.3, 0.4) is 0 Å². The maximum atomic E-state index is 11.5. The Morgan fingerprint density at radius 3 is 2.00 bits per heavy atom. The zero-order valence-electron chi connectivity index (χ0n) is 11.6. The highest BCUT2D eigenvalue weighted by atomic mass is 16.5. The number of rotatable bonds is 4. The van der Waals surface area contributed by atoms with Crippen molar-refractivity contribution in [3.63, 3.8) is 0 Å². The summed E-state index contributed by atoms with van der Waals surface area (Å²) in [6.07, 6.45) is 1.10. The van der Waals surface area contributed by atoms with Gasteiger partial charge in [0.15, 0.2) is 0 Å². The lowest BCUT2D eigenvalue weighted by atomic mass is 10.1. The molecule has 0 spiro atoms. The third-order valence-electron chi connectivity index (χ3n) is 2.73. The molecule has 0 fully saturated rings. The lowest BCUT2D eigenvalue weighted by Gasteiger charge is -2.07. The first-order valence-corrected chi connectivity index (χ1v) is 6.25. The van der Waals surface area contributed by atoms with Crippen molar-refractivity contribution in [2.24, 2.45) is 0 Å². The Balaban J connectivity index is 2.27. The summed E-state index contributed by atoms with van der Waals surface area (Å²) in [5.41, 5.74) is 0.335. The highest BCUT2D eigenvalue weighted by Gasteiger charge is 2.07. The van der Waals surface area contributed by atoms with E-state index in [0.29, 0.717) is 17.1 Å². The number of hydrogen-bond donors (Lipinski definition) is 0. The van der Waals surface area contributed by atoms with E-state index in [9.17, 15) is 9.59 Å². The normalized spacial score (nSPS) is 9.95. The molecule has 0 aliphatic carbocycles. The Morgan fingerprint density at radius 2 is 1.52 bits per heavy atom. The Morgan fingerprint density at radius 1 is 1.00 bits per heavy atom. The highest BCUT2D eigenvalue weighted by Crippen LogP contribution is 2.25. The van der Waals surface area contributed by atoms with Gasteiger partial charge in [0.1, 0.15) is 11.5 Å². The van der Waals surface area contributed by atoms with Gasteiger partial charge in [-0.3, -0.25) is 0 Å². The molecule has 4 heteroatoms. The van der Waals surface area contributed by atoms with Gasteiger partial charge in [0.2, 0.25) is 0 Å². The van der Waals surface area contributed by atoms with Crippen molar-refractivity contribution in [1.82, 2.24) is 0 Å². The fourth-order valence-corrected chi connectivity index (χ4v) is 1.68. The molecule has 0 N–H and O–H groups in total. The number of hydrogen-bond acceptors (Lipinski definition) is 4. The molecule has 0 bridgehead atoms. The molecule has 0 saturated carbocycles. The summed E-state index contributed by atoms with van der Waals surface area (Å²) in [7, 11) is 0. The molecule has 2 aromatic rings. The molecule has 106 valence electrons. The fraction of sp³-hybridized carbons (Fsp3) is 0.0588. The SMILES string of the molecule is C=CC(=O)Oc1ccc2cc(OC(=O)C(=C)C)ccc2c1. The van der Waals surface area contributed by atoms with Crippen LogP contribution < -0.4 is 9.47 Å². The number of ether oxygens (including phenoxy) is 2. The molecule has 0 saturated heterocycles. The molecular formula is C17H14O4. The molecule has 21 heavy (non-hydrogen) atoms. The van der Waals surface area contributed by atoms with Crippen LogP contribution in [0.2, 0.25) is 0 Å². The van der Waals surface area contributed by atoms with Gasteiger partial charge in [-0.25, -0.2) is 9.59 Å². The van der Waals surface area contributed by atoms with E-state index < -0.39 is 11.9 Å². The van der Waals surface area contributed by atoms with Crippen molar-refractivity contribution in [2.75, 3.05) is 0 Å². The molecule has 0 heterocycles. The van der Waals surface area contributed by atoms with Gasteiger partial charge in [0, 0.05) is 11.6 Å². The standard InChI is InChI=1S/C17H14O4/c1-4-16(18)20-14-7-5-13-10-15(8-6-12(13)9-14)21-17(19)11(2)3/h4-10H,1-2H2,3H3. The van der Waals surface area contributed by atoms with E-state index in [1.807, 2.05) is 0 Å². The van der Waals surface area contributed by atoms with Crippen molar-refractivity contribution < 1.29 is 19.1 Å². The highest BCUT2D eigenvalue weighted by molar-refractivity contribution is 5.91. The number of carbonyl (C=O) groups excluding carboxylic acids is 2. The fourth-order valence-electron chi connectivity index (χ4n) is 1.68. The maximum Gasteiger partial charge on any atom is 0.338 e. The van der Waals surface area contributed by atoms with E-state index in [4.69, 9.17) is 9.47 Å². The number of esters is 2. The van der Waals surface area contributed by atoms with Crippen molar-refractivity contribution in [3.05, 3.63) is 61.2 Å². The third-order valence-corrected chi connectivity index (χ3v) is 2.73.